The highest BCUT2D eigenvalue weighted by Crippen LogP contribution is 2.17. The van der Waals surface area contributed by atoms with Gasteiger partial charge in [-0.1, -0.05) is 6.07 Å². The average Bonchev–Trinajstić information content (AvgIpc) is 2.45. The Bertz CT molecular complexity index is 612. The van der Waals surface area contributed by atoms with E-state index < -0.39 is 5.97 Å². The zero-order valence-corrected chi connectivity index (χ0v) is 11.3. The Morgan fingerprint density at radius 1 is 1.35 bits per heavy atom. The normalized spacial score (nSPS) is 10.1. The van der Waals surface area contributed by atoms with Gasteiger partial charge in [-0.2, -0.15) is 0 Å². The molecule has 2 N–H and O–H groups in total. The predicted molar refractivity (Wildman–Crippen MR) is 74.0 cm³/mol. The summed E-state index contributed by atoms with van der Waals surface area (Å²) in [6, 6.07) is 5.28. The molecule has 0 unspecified atom stereocenters. The topological polar surface area (TPSA) is 84.3 Å². The molecule has 0 atom stereocenters. The van der Waals surface area contributed by atoms with Gasteiger partial charge in [0.15, 0.2) is 0 Å². The minimum Gasteiger partial charge on any atom is -0.481 e. The molecular formula is C14H15N3O3. The summed E-state index contributed by atoms with van der Waals surface area (Å²) in [5.41, 5.74) is 1.77. The van der Waals surface area contributed by atoms with Gasteiger partial charge in [-0.15, -0.1) is 0 Å². The maximum Gasteiger partial charge on any atom is 0.339 e. The summed E-state index contributed by atoms with van der Waals surface area (Å²) >= 11 is 0. The van der Waals surface area contributed by atoms with Gasteiger partial charge in [0.05, 0.1) is 7.11 Å². The highest BCUT2D eigenvalue weighted by Gasteiger charge is 2.13. The van der Waals surface area contributed by atoms with Crippen molar-refractivity contribution in [3.05, 3.63) is 47.3 Å². The molecule has 6 heteroatoms. The first-order valence-corrected chi connectivity index (χ1v) is 6.03. The number of pyridine rings is 2. The summed E-state index contributed by atoms with van der Waals surface area (Å²) in [6.45, 7) is 2.18. The molecule has 0 spiro atoms. The molecule has 6 nitrogen and oxygen atoms in total. The van der Waals surface area contributed by atoms with Crippen molar-refractivity contribution in [2.24, 2.45) is 0 Å². The van der Waals surface area contributed by atoms with Gasteiger partial charge in [-0.3, -0.25) is 0 Å². The fourth-order valence-electron chi connectivity index (χ4n) is 1.78. The van der Waals surface area contributed by atoms with Crippen molar-refractivity contribution in [3.8, 4) is 5.88 Å². The summed E-state index contributed by atoms with van der Waals surface area (Å²) < 4.78 is 4.98. The highest BCUT2D eigenvalue weighted by molar-refractivity contribution is 5.94. The Balaban J connectivity index is 2.14. The Hall–Kier alpha value is -2.63. The van der Waals surface area contributed by atoms with Crippen LogP contribution >= 0.6 is 0 Å². The molecule has 20 heavy (non-hydrogen) atoms. The number of hydrogen-bond acceptors (Lipinski definition) is 5. The van der Waals surface area contributed by atoms with E-state index >= 15 is 0 Å². The van der Waals surface area contributed by atoms with Crippen LogP contribution in [0.2, 0.25) is 0 Å². The summed E-state index contributed by atoms with van der Waals surface area (Å²) in [7, 11) is 1.55. The zero-order chi connectivity index (χ0) is 14.5. The van der Waals surface area contributed by atoms with Crippen molar-refractivity contribution in [2.45, 2.75) is 13.5 Å². The van der Waals surface area contributed by atoms with Crippen molar-refractivity contribution in [3.63, 3.8) is 0 Å². The van der Waals surface area contributed by atoms with Crippen LogP contribution in [0.3, 0.4) is 0 Å². The zero-order valence-electron chi connectivity index (χ0n) is 11.3. The minimum atomic E-state index is -0.994. The number of carbonyl (C=O) groups is 1. The molecule has 2 rings (SSSR count). The number of anilines is 1. The number of aryl methyl sites for hydroxylation is 1. The van der Waals surface area contributed by atoms with E-state index in [-0.39, 0.29) is 5.56 Å². The van der Waals surface area contributed by atoms with Crippen molar-refractivity contribution >= 4 is 11.8 Å². The number of aromatic carboxylic acids is 1. The van der Waals surface area contributed by atoms with Crippen LogP contribution in [0.1, 0.15) is 21.5 Å². The van der Waals surface area contributed by atoms with Gasteiger partial charge in [0.25, 0.3) is 0 Å². The number of aromatic nitrogens is 2. The van der Waals surface area contributed by atoms with E-state index in [1.807, 2.05) is 6.07 Å². The van der Waals surface area contributed by atoms with Gasteiger partial charge in [0.2, 0.25) is 5.88 Å². The molecule has 2 aromatic heterocycles. The van der Waals surface area contributed by atoms with E-state index in [0.717, 1.165) is 5.56 Å². The molecule has 0 aromatic carbocycles. The molecule has 0 aliphatic heterocycles. The number of rotatable bonds is 5. The van der Waals surface area contributed by atoms with E-state index in [0.29, 0.717) is 23.8 Å². The number of nitrogens with zero attached hydrogens (tertiary/aromatic N) is 2. The predicted octanol–water partition coefficient (Wildman–Crippen LogP) is 2.10. The van der Waals surface area contributed by atoms with E-state index in [2.05, 4.69) is 15.3 Å². The molecule has 0 aliphatic carbocycles. The number of hydrogen-bond donors (Lipinski definition) is 2. The van der Waals surface area contributed by atoms with E-state index in [9.17, 15) is 9.90 Å². The third kappa shape index (κ3) is 3.03. The van der Waals surface area contributed by atoms with Crippen LogP contribution in [0.4, 0.5) is 5.82 Å². The van der Waals surface area contributed by atoms with Crippen molar-refractivity contribution in [1.29, 1.82) is 0 Å². The number of nitrogens with one attached hydrogen (secondary N) is 1. The summed E-state index contributed by atoms with van der Waals surface area (Å²) in [6.07, 6.45) is 3.25. The van der Waals surface area contributed by atoms with Crippen LogP contribution in [0.25, 0.3) is 0 Å². The number of carboxylic acid groups (broad SMARTS) is 1. The maximum atomic E-state index is 11.2. The molecule has 104 valence electrons. The fraction of sp³-hybridized carbons (Fsp3) is 0.214. The van der Waals surface area contributed by atoms with Crippen molar-refractivity contribution < 1.29 is 14.6 Å². The molecule has 2 heterocycles. The average molecular weight is 273 g/mol. The van der Waals surface area contributed by atoms with Gasteiger partial charge in [0.1, 0.15) is 11.4 Å². The van der Waals surface area contributed by atoms with Crippen LogP contribution in [0, 0.1) is 6.92 Å². The number of carboxylic acids is 1. The first-order chi connectivity index (χ1) is 9.61. The van der Waals surface area contributed by atoms with Gasteiger partial charge < -0.3 is 15.2 Å². The second-order valence-corrected chi connectivity index (χ2v) is 4.22. The van der Waals surface area contributed by atoms with Crippen molar-refractivity contribution in [2.75, 3.05) is 12.4 Å². The minimum absolute atomic E-state index is 0.189. The molecule has 0 fully saturated rings. The molecular weight excluding hydrogens is 258 g/mol. The van der Waals surface area contributed by atoms with Crippen LogP contribution in [-0.2, 0) is 6.54 Å². The molecule has 0 bridgehead atoms. The van der Waals surface area contributed by atoms with Crippen LogP contribution in [-0.4, -0.2) is 28.2 Å². The van der Waals surface area contributed by atoms with Crippen LogP contribution in [0.15, 0.2) is 30.6 Å². The fourth-order valence-corrected chi connectivity index (χ4v) is 1.78. The summed E-state index contributed by atoms with van der Waals surface area (Å²) in [4.78, 5) is 19.4. The summed E-state index contributed by atoms with van der Waals surface area (Å²) in [5, 5.41) is 12.2. The SMILES string of the molecule is COc1ccc(CNc2nccc(C)c2C(=O)O)cn1. The highest BCUT2D eigenvalue weighted by atomic mass is 16.5. The van der Waals surface area contributed by atoms with Crippen LogP contribution < -0.4 is 10.1 Å². The molecule has 0 amide bonds. The number of ether oxygens (including phenoxy) is 1. The van der Waals surface area contributed by atoms with Crippen molar-refractivity contribution in [1.82, 2.24) is 9.97 Å². The van der Waals surface area contributed by atoms with Gasteiger partial charge in [0, 0.05) is 25.0 Å². The Kier molecular flexibility index (Phi) is 4.14. The second-order valence-electron chi connectivity index (χ2n) is 4.22. The van der Waals surface area contributed by atoms with Gasteiger partial charge in [-0.25, -0.2) is 14.8 Å². The van der Waals surface area contributed by atoms with E-state index in [1.54, 1.807) is 38.6 Å². The summed E-state index contributed by atoms with van der Waals surface area (Å²) in [5.74, 6) is -0.104. The molecule has 0 aliphatic rings. The monoisotopic (exact) mass is 273 g/mol. The van der Waals surface area contributed by atoms with E-state index in [1.165, 1.54) is 0 Å². The standard InChI is InChI=1S/C14H15N3O3/c1-9-5-6-15-13(12(9)14(18)19)17-8-10-3-4-11(20-2)16-7-10/h3-7H,8H2,1-2H3,(H,15,17)(H,18,19). The van der Waals surface area contributed by atoms with Gasteiger partial charge >= 0.3 is 5.97 Å². The Morgan fingerprint density at radius 3 is 2.75 bits per heavy atom. The van der Waals surface area contributed by atoms with E-state index in [4.69, 9.17) is 4.74 Å². The number of methoxy groups -OCH3 is 1. The maximum absolute atomic E-state index is 11.2. The lowest BCUT2D eigenvalue weighted by Gasteiger charge is -2.10. The lowest BCUT2D eigenvalue weighted by Crippen LogP contribution is -2.10. The lowest BCUT2D eigenvalue weighted by atomic mass is 10.1. The smallest absolute Gasteiger partial charge is 0.339 e. The first kappa shape index (κ1) is 13.8. The van der Waals surface area contributed by atoms with Gasteiger partial charge in [-0.05, 0) is 24.1 Å². The third-order valence-corrected chi connectivity index (χ3v) is 2.84. The molecule has 0 saturated carbocycles. The first-order valence-electron chi connectivity index (χ1n) is 6.03. The second kappa shape index (κ2) is 6.01. The molecule has 2 aromatic rings. The largest absolute Gasteiger partial charge is 0.481 e. The Labute approximate surface area is 116 Å². The molecule has 0 saturated heterocycles. The molecule has 0 radical (unpaired) electrons. The third-order valence-electron chi connectivity index (χ3n) is 2.84. The lowest BCUT2D eigenvalue weighted by molar-refractivity contribution is 0.0697. The quantitative estimate of drug-likeness (QED) is 0.868. The Morgan fingerprint density at radius 2 is 2.15 bits per heavy atom. The van der Waals surface area contributed by atoms with Crippen LogP contribution in [0.5, 0.6) is 5.88 Å².